The van der Waals surface area contributed by atoms with Gasteiger partial charge >= 0.3 is 59.3 Å². The molecule has 0 saturated heterocycles. The number of hydrogen-bond acceptors (Lipinski definition) is 2. The van der Waals surface area contributed by atoms with Gasteiger partial charge in [-0.05, 0) is 0 Å². The van der Waals surface area contributed by atoms with Crippen LogP contribution in [0.15, 0.2) is 0 Å². The zero-order valence-corrected chi connectivity index (χ0v) is 8.58. The average molecular weight is 285 g/mol. The fourth-order valence-electron chi connectivity index (χ4n) is 0. The second-order valence-corrected chi connectivity index (χ2v) is 1.34. The Labute approximate surface area is 101 Å². The predicted molar refractivity (Wildman–Crippen MR) is 35.7 cm³/mol. The second-order valence-electron chi connectivity index (χ2n) is 0.448. The van der Waals surface area contributed by atoms with Crippen LogP contribution in [0.2, 0.25) is 0 Å². The van der Waals surface area contributed by atoms with Crippen LogP contribution in [0.25, 0.3) is 0 Å². The third-order valence-electron chi connectivity index (χ3n) is 0. The van der Waals surface area contributed by atoms with Gasteiger partial charge in [-0.2, -0.15) is 8.42 Å². The summed E-state index contributed by atoms with van der Waals surface area (Å²) in [5.41, 5.74) is 0. The third-order valence-corrected chi connectivity index (χ3v) is 0. The molecule has 0 aliphatic rings. The van der Waals surface area contributed by atoms with Gasteiger partial charge in [0.15, 0.2) is 17.4 Å². The Morgan fingerprint density at radius 2 is 1.25 bits per heavy atom. The molecule has 0 rings (SSSR count). The quantitative estimate of drug-likeness (QED) is 0.370. The zero-order valence-electron chi connectivity index (χ0n) is 5.33. The van der Waals surface area contributed by atoms with Crippen LogP contribution < -0.4 is 0 Å². The number of rotatable bonds is 0. The first-order chi connectivity index (χ1) is 2.00. The molecule has 4 N–H and O–H groups in total. The van der Waals surface area contributed by atoms with Gasteiger partial charge in [0.2, 0.25) is 0 Å². The Bertz CT molecular complexity index is 103. The van der Waals surface area contributed by atoms with E-state index >= 15 is 0 Å². The fraction of sp³-hybridized carbons (Fsp3) is 0. The molecule has 5 nitrogen and oxygen atoms in total. The van der Waals surface area contributed by atoms with Gasteiger partial charge in [-0.15, -0.1) is 0 Å². The molecule has 0 atom stereocenters. The van der Waals surface area contributed by atoms with Crippen molar-refractivity contribution in [2.24, 2.45) is 0 Å². The fourth-order valence-corrected chi connectivity index (χ4v) is 0. The first kappa shape index (κ1) is 22.5. The van der Waals surface area contributed by atoms with Crippen molar-refractivity contribution < 1.29 is 25.9 Å². The summed E-state index contributed by atoms with van der Waals surface area (Å²) in [4.78, 5) is 0. The van der Waals surface area contributed by atoms with E-state index in [0.717, 1.165) is 0 Å². The minimum Gasteiger partial charge on any atom is -1.00 e. The molecule has 0 aromatic carbocycles. The molecule has 0 heterocycles. The van der Waals surface area contributed by atoms with Crippen LogP contribution in [0.4, 0.5) is 0 Å². The van der Waals surface area contributed by atoms with E-state index in [2.05, 4.69) is 0 Å². The summed E-state index contributed by atoms with van der Waals surface area (Å²) in [6, 6.07) is 0. The Morgan fingerprint density at radius 1 is 1.25 bits per heavy atom. The van der Waals surface area contributed by atoms with Gasteiger partial charge in [0.25, 0.3) is 0 Å². The van der Waals surface area contributed by atoms with Crippen LogP contribution in [-0.2, 0) is 10.4 Å². The summed E-state index contributed by atoms with van der Waals surface area (Å²) < 4.78 is 31.6. The van der Waals surface area contributed by atoms with Crippen LogP contribution in [0, 0.1) is 0 Å². The van der Waals surface area contributed by atoms with Crippen molar-refractivity contribution in [3.05, 3.63) is 0 Å². The maximum atomic E-state index is 8.74. The van der Waals surface area contributed by atoms with Crippen LogP contribution in [-0.4, -0.2) is 89.2 Å². The van der Waals surface area contributed by atoms with Gasteiger partial charge in [-0.25, -0.2) is 0 Å². The van der Waals surface area contributed by atoms with E-state index in [1.165, 1.54) is 0 Å². The Hall–Kier alpha value is 1.93. The van der Waals surface area contributed by atoms with Gasteiger partial charge < -0.3 is 8.33 Å². The van der Waals surface area contributed by atoms with Gasteiger partial charge in [-0.1, -0.05) is 0 Å². The van der Waals surface area contributed by atoms with Crippen molar-refractivity contribution in [2.45, 2.75) is 0 Å². The zero-order chi connectivity index (χ0) is 4.50. The van der Waals surface area contributed by atoms with E-state index in [9.17, 15) is 0 Å². The largest absolute Gasteiger partial charge is 2.00 e. The van der Waals surface area contributed by atoms with Crippen LogP contribution in [0.5, 0.6) is 0 Å². The molecular weight excluding hydrogens is 276 g/mol. The van der Waals surface area contributed by atoms with Crippen LogP contribution in [0.3, 0.4) is 0 Å². The topological polar surface area (TPSA) is 106 Å². The minimum absolute atomic E-state index is 0. The van der Waals surface area contributed by atoms with E-state index < -0.39 is 10.4 Å². The molecule has 0 radical (unpaired) electrons. The average Bonchev–Trinajstić information content (AvgIpc) is 0.722. The summed E-state index contributed by atoms with van der Waals surface area (Å²) in [6.07, 6.45) is 0. The molecule has 8 heteroatoms. The SMILES string of the molecule is O.O=S(=O)(O)O.[AlH3].[Ba+2].[H-].[H-]. The molecule has 0 amide bonds. The molecule has 0 fully saturated rings. The standard InChI is InChI=1S/Al.Ba.H2O4S.H2O.5H/c;;1-5(2,3)4;;;;;;/h;;(H2,1,2,3,4);1H2;;;;;/q;+2;;;;;;2*-1. The van der Waals surface area contributed by atoms with E-state index in [4.69, 9.17) is 17.5 Å². The maximum Gasteiger partial charge on any atom is 2.00 e. The van der Waals surface area contributed by atoms with Gasteiger partial charge in [0.05, 0.1) is 0 Å². The van der Waals surface area contributed by atoms with Gasteiger partial charge in [0.1, 0.15) is 0 Å². The number of hydrogen-bond donors (Lipinski definition) is 2. The molecule has 0 aromatic rings. The molecule has 0 bridgehead atoms. The maximum absolute atomic E-state index is 8.74. The smallest absolute Gasteiger partial charge is 1.00 e. The van der Waals surface area contributed by atoms with Crippen molar-refractivity contribution in [2.75, 3.05) is 0 Å². The predicted octanol–water partition coefficient (Wildman–Crippen LogP) is -2.82. The second kappa shape index (κ2) is 8.93. The Kier molecular flexibility index (Phi) is 25.1. The van der Waals surface area contributed by atoms with E-state index in [1.807, 2.05) is 0 Å². The molecule has 50 valence electrons. The summed E-state index contributed by atoms with van der Waals surface area (Å²) in [7, 11) is -4.67. The first-order valence-electron chi connectivity index (χ1n) is 0.698. The summed E-state index contributed by atoms with van der Waals surface area (Å²) in [5, 5.41) is 0. The Balaban J connectivity index is -0.00000000800. The van der Waals surface area contributed by atoms with Gasteiger partial charge in [0, 0.05) is 0 Å². The van der Waals surface area contributed by atoms with Crippen molar-refractivity contribution in [1.82, 2.24) is 0 Å². The Morgan fingerprint density at radius 3 is 1.25 bits per heavy atom. The summed E-state index contributed by atoms with van der Waals surface area (Å²) in [5.74, 6) is 0. The molecule has 8 heavy (non-hydrogen) atoms. The molecule has 0 aliphatic heterocycles. The first-order valence-corrected chi connectivity index (χ1v) is 2.10. The molecule has 0 aliphatic carbocycles. The van der Waals surface area contributed by atoms with E-state index in [0.29, 0.717) is 0 Å². The molecular formula is H9AlBaO5S. The molecule has 0 aromatic heterocycles. The van der Waals surface area contributed by atoms with E-state index in [-0.39, 0.29) is 74.6 Å². The van der Waals surface area contributed by atoms with Crippen molar-refractivity contribution >= 4 is 76.6 Å². The minimum atomic E-state index is -4.67. The monoisotopic (exact) mass is 286 g/mol. The van der Waals surface area contributed by atoms with Crippen molar-refractivity contribution in [3.8, 4) is 0 Å². The van der Waals surface area contributed by atoms with Crippen molar-refractivity contribution in [1.29, 1.82) is 0 Å². The molecule has 0 saturated carbocycles. The van der Waals surface area contributed by atoms with Crippen molar-refractivity contribution in [3.63, 3.8) is 0 Å². The van der Waals surface area contributed by atoms with Gasteiger partial charge in [-0.3, -0.25) is 9.11 Å². The summed E-state index contributed by atoms with van der Waals surface area (Å²) in [6.45, 7) is 0. The third kappa shape index (κ3) is 102. The summed E-state index contributed by atoms with van der Waals surface area (Å²) >= 11 is 0. The van der Waals surface area contributed by atoms with Crippen LogP contribution >= 0.6 is 0 Å². The van der Waals surface area contributed by atoms with Crippen LogP contribution in [0.1, 0.15) is 2.85 Å². The molecule has 0 unspecified atom stereocenters. The van der Waals surface area contributed by atoms with E-state index in [1.54, 1.807) is 0 Å². The molecule has 0 spiro atoms. The normalized spacial score (nSPS) is 7.25.